The number of nitrogens with one attached hydrogen (secondary N) is 1. The topological polar surface area (TPSA) is 87.4 Å². The summed E-state index contributed by atoms with van der Waals surface area (Å²) in [6.07, 6.45) is 2.42. The molecular formula is C24H26N4O3S2. The maximum absolute atomic E-state index is 13.0. The highest BCUT2D eigenvalue weighted by Crippen LogP contribution is 2.35. The Morgan fingerprint density at radius 1 is 1.27 bits per heavy atom. The lowest BCUT2D eigenvalue weighted by Crippen LogP contribution is -2.29. The van der Waals surface area contributed by atoms with Crippen molar-refractivity contribution < 1.29 is 9.53 Å². The van der Waals surface area contributed by atoms with Gasteiger partial charge in [-0.1, -0.05) is 54.3 Å². The highest BCUT2D eigenvalue weighted by atomic mass is 32.2. The van der Waals surface area contributed by atoms with Gasteiger partial charge >= 0.3 is 0 Å². The minimum Gasteiger partial charge on any atom is -0.382 e. The predicted octanol–water partition coefficient (Wildman–Crippen LogP) is 3.81. The SMILES string of the molecule is CCOCCCN1C(=O)/C(=C\c2c(C)c(C#N)c(=O)n(C)c2NCc2ccccc2)SC1=S. The summed E-state index contributed by atoms with van der Waals surface area (Å²) in [5.74, 6) is 0.365. The van der Waals surface area contributed by atoms with Gasteiger partial charge in [0.05, 0.1) is 4.91 Å². The summed E-state index contributed by atoms with van der Waals surface area (Å²) in [4.78, 5) is 27.8. The predicted molar refractivity (Wildman–Crippen MR) is 136 cm³/mol. The zero-order chi connectivity index (χ0) is 24.0. The molecule has 3 rings (SSSR count). The van der Waals surface area contributed by atoms with Gasteiger partial charge in [-0.2, -0.15) is 5.26 Å². The molecule has 0 spiro atoms. The van der Waals surface area contributed by atoms with Crippen LogP contribution in [0, 0.1) is 18.3 Å². The third kappa shape index (κ3) is 5.53. The number of amides is 1. The van der Waals surface area contributed by atoms with Gasteiger partial charge in [-0.25, -0.2) is 0 Å². The summed E-state index contributed by atoms with van der Waals surface area (Å²) in [6.45, 7) is 5.81. The van der Waals surface area contributed by atoms with Crippen molar-refractivity contribution in [2.75, 3.05) is 25.1 Å². The molecule has 0 bridgehead atoms. The van der Waals surface area contributed by atoms with Crippen LogP contribution in [0.1, 0.15) is 35.6 Å². The van der Waals surface area contributed by atoms with Crippen LogP contribution in [0.4, 0.5) is 5.82 Å². The van der Waals surface area contributed by atoms with Crippen LogP contribution in [0.3, 0.4) is 0 Å². The summed E-state index contributed by atoms with van der Waals surface area (Å²) in [7, 11) is 1.62. The molecule has 1 aliphatic rings. The van der Waals surface area contributed by atoms with Crippen LogP contribution in [-0.2, 0) is 23.1 Å². The lowest BCUT2D eigenvalue weighted by atomic mass is 10.0. The first-order valence-corrected chi connectivity index (χ1v) is 11.9. The minimum absolute atomic E-state index is 0.0567. The molecule has 0 aliphatic carbocycles. The summed E-state index contributed by atoms with van der Waals surface area (Å²) < 4.78 is 7.27. The molecule has 1 aromatic carbocycles. The molecule has 172 valence electrons. The standard InChI is InChI=1S/C24H26N4O3S2/c1-4-31-12-8-11-28-23(30)20(33-24(28)32)13-18-16(2)19(14-25)22(29)27(3)21(18)26-15-17-9-6-5-7-10-17/h5-7,9-10,13,26H,4,8,11-12,15H2,1-3H3/b20-13+. The van der Waals surface area contributed by atoms with Crippen molar-refractivity contribution in [3.63, 3.8) is 0 Å². The van der Waals surface area contributed by atoms with Crippen molar-refractivity contribution in [3.05, 3.63) is 67.8 Å². The molecule has 1 amide bonds. The van der Waals surface area contributed by atoms with Gasteiger partial charge < -0.3 is 10.1 Å². The molecule has 0 unspecified atom stereocenters. The molecule has 0 atom stereocenters. The first-order chi connectivity index (χ1) is 15.9. The number of carbonyl (C=O) groups is 1. The summed E-state index contributed by atoms with van der Waals surface area (Å²) in [5, 5.41) is 12.9. The molecular weight excluding hydrogens is 456 g/mol. The largest absolute Gasteiger partial charge is 0.382 e. The Hall–Kier alpha value is -2.93. The number of nitriles is 1. The second-order valence-electron chi connectivity index (χ2n) is 7.46. The number of anilines is 1. The fraction of sp³-hybridized carbons (Fsp3) is 0.333. The highest BCUT2D eigenvalue weighted by Gasteiger charge is 2.32. The number of benzene rings is 1. The Bertz CT molecular complexity index is 1180. The van der Waals surface area contributed by atoms with Crippen molar-refractivity contribution in [1.29, 1.82) is 5.26 Å². The maximum atomic E-state index is 13.0. The quantitative estimate of drug-likeness (QED) is 0.330. The first-order valence-electron chi connectivity index (χ1n) is 10.6. The van der Waals surface area contributed by atoms with E-state index < -0.39 is 0 Å². The molecule has 2 aromatic rings. The number of ether oxygens (including phenoxy) is 1. The zero-order valence-corrected chi connectivity index (χ0v) is 20.5. The van der Waals surface area contributed by atoms with Gasteiger partial charge in [-0.05, 0) is 37.5 Å². The van der Waals surface area contributed by atoms with Gasteiger partial charge in [-0.15, -0.1) is 0 Å². The third-order valence-electron chi connectivity index (χ3n) is 5.33. The van der Waals surface area contributed by atoms with Gasteiger partial charge in [0.2, 0.25) is 0 Å². The normalized spacial score (nSPS) is 14.7. The number of thiocarbonyl (C=S) groups is 1. The molecule has 0 saturated carbocycles. The zero-order valence-electron chi connectivity index (χ0n) is 18.9. The summed E-state index contributed by atoms with van der Waals surface area (Å²) >= 11 is 6.65. The summed E-state index contributed by atoms with van der Waals surface area (Å²) in [6, 6.07) is 11.8. The second-order valence-corrected chi connectivity index (χ2v) is 9.14. The highest BCUT2D eigenvalue weighted by molar-refractivity contribution is 8.26. The number of pyridine rings is 1. The monoisotopic (exact) mass is 482 g/mol. The molecule has 1 fully saturated rings. The maximum Gasteiger partial charge on any atom is 0.270 e. The summed E-state index contributed by atoms with van der Waals surface area (Å²) in [5.41, 5.74) is 1.86. The lowest BCUT2D eigenvalue weighted by Gasteiger charge is -2.18. The molecule has 2 heterocycles. The van der Waals surface area contributed by atoms with Crippen molar-refractivity contribution in [1.82, 2.24) is 9.47 Å². The average molecular weight is 483 g/mol. The Labute approximate surface area is 203 Å². The van der Waals surface area contributed by atoms with Gasteiger partial charge in [0.1, 0.15) is 21.8 Å². The number of aromatic nitrogens is 1. The number of thioether (sulfide) groups is 1. The fourth-order valence-corrected chi connectivity index (χ4v) is 4.81. The van der Waals surface area contributed by atoms with E-state index in [1.807, 2.05) is 43.3 Å². The Morgan fingerprint density at radius 3 is 2.67 bits per heavy atom. The molecule has 0 radical (unpaired) electrons. The Balaban J connectivity index is 1.97. The van der Waals surface area contributed by atoms with Crippen molar-refractivity contribution >= 4 is 46.1 Å². The van der Waals surface area contributed by atoms with Gasteiger partial charge in [0.15, 0.2) is 0 Å². The van der Waals surface area contributed by atoms with E-state index in [-0.39, 0.29) is 17.0 Å². The van der Waals surface area contributed by atoms with Crippen LogP contribution in [-0.4, -0.2) is 39.5 Å². The van der Waals surface area contributed by atoms with Crippen LogP contribution in [0.15, 0.2) is 40.0 Å². The van der Waals surface area contributed by atoms with E-state index in [0.717, 1.165) is 5.56 Å². The van der Waals surface area contributed by atoms with E-state index in [2.05, 4.69) is 5.32 Å². The Kier molecular flexibility index (Phi) is 8.44. The molecule has 1 aliphatic heterocycles. The van der Waals surface area contributed by atoms with Crippen molar-refractivity contribution in [2.24, 2.45) is 7.05 Å². The van der Waals surface area contributed by atoms with E-state index in [9.17, 15) is 14.9 Å². The first kappa shape index (κ1) is 24.7. The minimum atomic E-state index is -0.383. The number of hydrogen-bond acceptors (Lipinski definition) is 7. The Morgan fingerprint density at radius 2 is 2.00 bits per heavy atom. The van der Waals surface area contributed by atoms with Crippen molar-refractivity contribution in [2.45, 2.75) is 26.8 Å². The van der Waals surface area contributed by atoms with Crippen LogP contribution in [0.2, 0.25) is 0 Å². The van der Waals surface area contributed by atoms with Crippen LogP contribution in [0.5, 0.6) is 0 Å². The molecule has 1 N–H and O–H groups in total. The number of nitrogens with zero attached hydrogens (tertiary/aromatic N) is 3. The fourth-order valence-electron chi connectivity index (χ4n) is 3.52. The van der Waals surface area contributed by atoms with Crippen LogP contribution < -0.4 is 10.9 Å². The van der Waals surface area contributed by atoms with Crippen molar-refractivity contribution in [3.8, 4) is 6.07 Å². The van der Waals surface area contributed by atoms with E-state index in [0.29, 0.717) is 58.9 Å². The molecule has 33 heavy (non-hydrogen) atoms. The van der Waals surface area contributed by atoms with E-state index in [1.54, 1.807) is 24.9 Å². The van der Waals surface area contributed by atoms with E-state index in [1.165, 1.54) is 16.3 Å². The molecule has 1 saturated heterocycles. The molecule has 9 heteroatoms. The smallest absolute Gasteiger partial charge is 0.270 e. The number of rotatable bonds is 9. The van der Waals surface area contributed by atoms with E-state index in [4.69, 9.17) is 17.0 Å². The third-order valence-corrected chi connectivity index (χ3v) is 6.70. The van der Waals surface area contributed by atoms with E-state index >= 15 is 0 Å². The lowest BCUT2D eigenvalue weighted by molar-refractivity contribution is -0.122. The molecule has 7 nitrogen and oxygen atoms in total. The van der Waals surface area contributed by atoms with Crippen LogP contribution >= 0.6 is 24.0 Å². The van der Waals surface area contributed by atoms with Gasteiger partial charge in [0, 0.05) is 38.9 Å². The van der Waals surface area contributed by atoms with Gasteiger partial charge in [0.25, 0.3) is 11.5 Å². The number of carbonyl (C=O) groups excluding carboxylic acids is 1. The average Bonchev–Trinajstić information content (AvgIpc) is 3.08. The number of hydrogen-bond donors (Lipinski definition) is 1. The van der Waals surface area contributed by atoms with Crippen LogP contribution in [0.25, 0.3) is 6.08 Å². The second kappa shape index (κ2) is 11.3. The van der Waals surface area contributed by atoms with Gasteiger partial charge in [-0.3, -0.25) is 19.1 Å². The molecule has 1 aromatic heterocycles.